The molecule has 6 nitrogen and oxygen atoms in total. The van der Waals surface area contributed by atoms with Crippen LogP contribution in [-0.4, -0.2) is 56.6 Å². The molecular formula is C14H24N4O2S. The number of carboxylic acid groups (broad SMARTS) is 1. The standard InChI is InChI=1S/C14H24N4O2S/c1-4-11-15-16-13(21-9-12(19)20)18(11)10-14(2)5-7-17(3)8-6-14/h4-10H2,1-3H3,(H,19,20). The molecule has 7 heteroatoms. The number of thioether (sulfide) groups is 1. The third-order valence-corrected chi connectivity index (χ3v) is 5.12. The lowest BCUT2D eigenvalue weighted by atomic mass is 9.80. The average Bonchev–Trinajstić information content (AvgIpc) is 2.82. The van der Waals surface area contributed by atoms with E-state index >= 15 is 0 Å². The molecule has 2 rings (SSSR count). The van der Waals surface area contributed by atoms with Crippen molar-refractivity contribution in [3.63, 3.8) is 0 Å². The summed E-state index contributed by atoms with van der Waals surface area (Å²) in [7, 11) is 2.16. The molecule has 0 aromatic carbocycles. The summed E-state index contributed by atoms with van der Waals surface area (Å²) >= 11 is 1.26. The summed E-state index contributed by atoms with van der Waals surface area (Å²) in [6, 6.07) is 0. The van der Waals surface area contributed by atoms with Gasteiger partial charge in [-0.1, -0.05) is 25.6 Å². The van der Waals surface area contributed by atoms with Crippen molar-refractivity contribution in [3.05, 3.63) is 5.82 Å². The minimum atomic E-state index is -0.821. The maximum atomic E-state index is 10.8. The number of aliphatic carboxylic acids is 1. The van der Waals surface area contributed by atoms with Crippen molar-refractivity contribution in [1.82, 2.24) is 19.7 Å². The predicted molar refractivity (Wildman–Crippen MR) is 82.6 cm³/mol. The third kappa shape index (κ3) is 4.20. The number of aryl methyl sites for hydroxylation is 1. The van der Waals surface area contributed by atoms with Crippen LogP contribution in [0.25, 0.3) is 0 Å². The van der Waals surface area contributed by atoms with Crippen LogP contribution in [0.4, 0.5) is 0 Å². The molecule has 1 N–H and O–H groups in total. The quantitative estimate of drug-likeness (QED) is 0.807. The van der Waals surface area contributed by atoms with Crippen LogP contribution in [0.2, 0.25) is 0 Å². The molecule has 1 aliphatic rings. The highest BCUT2D eigenvalue weighted by molar-refractivity contribution is 7.99. The lowest BCUT2D eigenvalue weighted by molar-refractivity contribution is -0.133. The van der Waals surface area contributed by atoms with Crippen molar-refractivity contribution in [2.75, 3.05) is 25.9 Å². The largest absolute Gasteiger partial charge is 0.481 e. The molecule has 0 saturated carbocycles. The molecule has 1 saturated heterocycles. The van der Waals surface area contributed by atoms with Crippen LogP contribution in [0, 0.1) is 5.41 Å². The van der Waals surface area contributed by atoms with Crippen LogP contribution in [0.15, 0.2) is 5.16 Å². The average molecular weight is 312 g/mol. The molecule has 21 heavy (non-hydrogen) atoms. The minimum Gasteiger partial charge on any atom is -0.481 e. The van der Waals surface area contributed by atoms with Crippen molar-refractivity contribution in [2.45, 2.75) is 44.8 Å². The molecule has 0 aliphatic carbocycles. The summed E-state index contributed by atoms with van der Waals surface area (Å²) in [5.74, 6) is 0.155. The fraction of sp³-hybridized carbons (Fsp3) is 0.786. The van der Waals surface area contributed by atoms with E-state index in [0.29, 0.717) is 0 Å². The van der Waals surface area contributed by atoms with Gasteiger partial charge in [0.25, 0.3) is 0 Å². The Morgan fingerprint density at radius 1 is 1.38 bits per heavy atom. The zero-order chi connectivity index (χ0) is 15.5. The zero-order valence-electron chi connectivity index (χ0n) is 13.0. The summed E-state index contributed by atoms with van der Waals surface area (Å²) in [4.78, 5) is 13.1. The maximum Gasteiger partial charge on any atom is 0.313 e. The number of carboxylic acids is 1. The molecule has 0 unspecified atom stereocenters. The van der Waals surface area contributed by atoms with Gasteiger partial charge < -0.3 is 14.6 Å². The molecule has 2 heterocycles. The number of likely N-dealkylation sites (tertiary alicyclic amines) is 1. The number of nitrogens with zero attached hydrogens (tertiary/aromatic N) is 4. The Balaban J connectivity index is 2.13. The topological polar surface area (TPSA) is 71.2 Å². The fourth-order valence-electron chi connectivity index (χ4n) is 2.67. The summed E-state index contributed by atoms with van der Waals surface area (Å²) in [6.07, 6.45) is 3.11. The van der Waals surface area contributed by atoms with Gasteiger partial charge in [0, 0.05) is 13.0 Å². The highest BCUT2D eigenvalue weighted by Crippen LogP contribution is 2.34. The smallest absolute Gasteiger partial charge is 0.313 e. The SMILES string of the molecule is CCc1nnc(SCC(=O)O)n1CC1(C)CCN(C)CC1. The summed E-state index contributed by atoms with van der Waals surface area (Å²) in [5, 5.41) is 18.0. The van der Waals surface area contributed by atoms with Crippen LogP contribution in [0.3, 0.4) is 0 Å². The van der Waals surface area contributed by atoms with E-state index in [4.69, 9.17) is 5.11 Å². The van der Waals surface area contributed by atoms with Crippen molar-refractivity contribution in [1.29, 1.82) is 0 Å². The van der Waals surface area contributed by atoms with Gasteiger partial charge in [-0.05, 0) is 38.4 Å². The Labute approximate surface area is 129 Å². The Hall–Kier alpha value is -1.08. The molecular weight excluding hydrogens is 288 g/mol. The molecule has 0 radical (unpaired) electrons. The maximum absolute atomic E-state index is 10.8. The molecule has 0 spiro atoms. The van der Waals surface area contributed by atoms with Gasteiger partial charge in [0.1, 0.15) is 5.82 Å². The van der Waals surface area contributed by atoms with E-state index in [1.54, 1.807) is 0 Å². The second kappa shape index (κ2) is 6.79. The van der Waals surface area contributed by atoms with Gasteiger partial charge in [0.2, 0.25) is 0 Å². The van der Waals surface area contributed by atoms with Crippen molar-refractivity contribution in [2.24, 2.45) is 5.41 Å². The normalized spacial score (nSPS) is 18.8. The van der Waals surface area contributed by atoms with Gasteiger partial charge in [0.05, 0.1) is 5.75 Å². The number of rotatable bonds is 6. The Morgan fingerprint density at radius 3 is 2.62 bits per heavy atom. The van der Waals surface area contributed by atoms with Gasteiger partial charge >= 0.3 is 5.97 Å². The van der Waals surface area contributed by atoms with Gasteiger partial charge in [-0.25, -0.2) is 0 Å². The molecule has 1 fully saturated rings. The van der Waals surface area contributed by atoms with E-state index in [1.165, 1.54) is 11.8 Å². The Kier molecular flexibility index (Phi) is 5.27. The van der Waals surface area contributed by atoms with E-state index in [-0.39, 0.29) is 11.2 Å². The molecule has 118 valence electrons. The van der Waals surface area contributed by atoms with Gasteiger partial charge in [0.15, 0.2) is 5.16 Å². The molecule has 1 aromatic heterocycles. The molecule has 0 atom stereocenters. The third-order valence-electron chi connectivity index (χ3n) is 4.17. The highest BCUT2D eigenvalue weighted by atomic mass is 32.2. The van der Waals surface area contributed by atoms with Crippen LogP contribution < -0.4 is 0 Å². The lowest BCUT2D eigenvalue weighted by Gasteiger charge is -2.38. The first-order valence-electron chi connectivity index (χ1n) is 7.39. The van der Waals surface area contributed by atoms with Crippen LogP contribution in [0.1, 0.15) is 32.5 Å². The second-order valence-electron chi connectivity index (χ2n) is 6.13. The minimum absolute atomic E-state index is 0.0291. The van der Waals surface area contributed by atoms with E-state index in [2.05, 4.69) is 40.6 Å². The number of aromatic nitrogens is 3. The van der Waals surface area contributed by atoms with E-state index in [1.807, 2.05) is 0 Å². The van der Waals surface area contributed by atoms with Crippen LogP contribution in [-0.2, 0) is 17.8 Å². The Morgan fingerprint density at radius 2 is 2.05 bits per heavy atom. The van der Waals surface area contributed by atoms with Crippen molar-refractivity contribution in [3.8, 4) is 0 Å². The first-order valence-corrected chi connectivity index (χ1v) is 8.37. The summed E-state index contributed by atoms with van der Waals surface area (Å²) < 4.78 is 2.12. The number of carbonyl (C=O) groups is 1. The van der Waals surface area contributed by atoms with Crippen LogP contribution in [0.5, 0.6) is 0 Å². The first kappa shape index (κ1) is 16.3. The van der Waals surface area contributed by atoms with Crippen molar-refractivity contribution >= 4 is 17.7 Å². The molecule has 0 bridgehead atoms. The fourth-order valence-corrected chi connectivity index (χ4v) is 3.35. The zero-order valence-corrected chi connectivity index (χ0v) is 13.8. The predicted octanol–water partition coefficient (Wildman–Crippen LogP) is 1.75. The summed E-state index contributed by atoms with van der Waals surface area (Å²) in [5.41, 5.74) is 0.233. The number of hydrogen-bond acceptors (Lipinski definition) is 5. The van der Waals surface area contributed by atoms with E-state index in [9.17, 15) is 4.79 Å². The highest BCUT2D eigenvalue weighted by Gasteiger charge is 2.31. The number of hydrogen-bond donors (Lipinski definition) is 1. The monoisotopic (exact) mass is 312 g/mol. The molecule has 1 aromatic rings. The van der Waals surface area contributed by atoms with Gasteiger partial charge in [-0.3, -0.25) is 4.79 Å². The second-order valence-corrected chi connectivity index (χ2v) is 7.08. The Bertz CT molecular complexity index is 495. The first-order chi connectivity index (χ1) is 9.93. The lowest BCUT2D eigenvalue weighted by Crippen LogP contribution is -2.39. The van der Waals surface area contributed by atoms with E-state index in [0.717, 1.165) is 49.9 Å². The van der Waals surface area contributed by atoms with Gasteiger partial charge in [-0.2, -0.15) is 0 Å². The van der Waals surface area contributed by atoms with E-state index < -0.39 is 5.97 Å². The molecule has 0 amide bonds. The van der Waals surface area contributed by atoms with Crippen molar-refractivity contribution < 1.29 is 9.90 Å². The summed E-state index contributed by atoms with van der Waals surface area (Å²) in [6.45, 7) is 7.46. The number of piperidine rings is 1. The van der Waals surface area contributed by atoms with Crippen LogP contribution >= 0.6 is 11.8 Å². The van der Waals surface area contributed by atoms with Gasteiger partial charge in [-0.15, -0.1) is 10.2 Å². The molecule has 1 aliphatic heterocycles.